The molecule has 0 aliphatic rings. The summed E-state index contributed by atoms with van der Waals surface area (Å²) >= 11 is 0. The smallest absolute Gasteiger partial charge is 0.255 e. The van der Waals surface area contributed by atoms with Gasteiger partial charge < -0.3 is 14.7 Å². The molecule has 1 N–H and O–H groups in total. The average Bonchev–Trinajstić information content (AvgIpc) is 2.48. The van der Waals surface area contributed by atoms with Gasteiger partial charge in [0.2, 0.25) is 0 Å². The summed E-state index contributed by atoms with van der Waals surface area (Å²) in [6.45, 7) is 2.92. The molecule has 0 spiro atoms. The zero-order valence-electron chi connectivity index (χ0n) is 12.1. The second-order valence-electron chi connectivity index (χ2n) is 4.63. The number of para-hydroxylation sites is 1. The number of nitrogens with zero attached hydrogens (tertiary/aromatic N) is 2. The zero-order valence-corrected chi connectivity index (χ0v) is 12.1. The Morgan fingerprint density at radius 1 is 1.33 bits per heavy atom. The van der Waals surface area contributed by atoms with Crippen molar-refractivity contribution in [2.24, 2.45) is 0 Å². The van der Waals surface area contributed by atoms with Crippen LogP contribution in [0.3, 0.4) is 0 Å². The van der Waals surface area contributed by atoms with Crippen LogP contribution in [0.4, 0.5) is 0 Å². The minimum absolute atomic E-state index is 0.0241. The number of amides is 1. The molecule has 21 heavy (non-hydrogen) atoms. The van der Waals surface area contributed by atoms with E-state index in [9.17, 15) is 9.90 Å². The minimum Gasteiger partial charge on any atom is -0.506 e. The van der Waals surface area contributed by atoms with Crippen LogP contribution in [0.2, 0.25) is 0 Å². The maximum absolute atomic E-state index is 12.3. The molecule has 5 heteroatoms. The second-order valence-corrected chi connectivity index (χ2v) is 4.63. The number of aromatic hydroxyl groups is 1. The highest BCUT2D eigenvalue weighted by Crippen LogP contribution is 2.20. The monoisotopic (exact) mass is 286 g/mol. The first-order valence-electron chi connectivity index (χ1n) is 6.72. The van der Waals surface area contributed by atoms with E-state index in [1.807, 2.05) is 31.2 Å². The summed E-state index contributed by atoms with van der Waals surface area (Å²) in [5.74, 6) is 0.544. The third-order valence-corrected chi connectivity index (χ3v) is 3.00. The molecule has 0 fully saturated rings. The number of aromatic nitrogens is 1. The molecule has 110 valence electrons. The van der Waals surface area contributed by atoms with Crippen LogP contribution in [-0.4, -0.2) is 34.6 Å². The van der Waals surface area contributed by atoms with Crippen molar-refractivity contribution in [3.8, 4) is 11.5 Å². The normalized spacial score (nSPS) is 10.2. The van der Waals surface area contributed by atoms with E-state index in [2.05, 4.69) is 4.98 Å². The van der Waals surface area contributed by atoms with Crippen molar-refractivity contribution < 1.29 is 14.6 Å². The van der Waals surface area contributed by atoms with Gasteiger partial charge in [0, 0.05) is 25.4 Å². The molecule has 1 heterocycles. The van der Waals surface area contributed by atoms with Crippen molar-refractivity contribution in [1.29, 1.82) is 0 Å². The van der Waals surface area contributed by atoms with Gasteiger partial charge in [0.25, 0.3) is 5.91 Å². The van der Waals surface area contributed by atoms with Crippen LogP contribution in [0, 0.1) is 0 Å². The molecule has 0 saturated carbocycles. The topological polar surface area (TPSA) is 62.7 Å². The summed E-state index contributed by atoms with van der Waals surface area (Å²) in [6.07, 6.45) is 2.73. The van der Waals surface area contributed by atoms with Crippen molar-refractivity contribution in [2.45, 2.75) is 13.5 Å². The van der Waals surface area contributed by atoms with E-state index >= 15 is 0 Å². The maximum atomic E-state index is 12.3. The summed E-state index contributed by atoms with van der Waals surface area (Å²) in [4.78, 5) is 17.7. The Labute approximate surface area is 123 Å². The fourth-order valence-corrected chi connectivity index (χ4v) is 2.02. The van der Waals surface area contributed by atoms with Gasteiger partial charge in [-0.1, -0.05) is 18.2 Å². The van der Waals surface area contributed by atoms with Gasteiger partial charge in [-0.3, -0.25) is 9.78 Å². The van der Waals surface area contributed by atoms with Crippen molar-refractivity contribution in [3.63, 3.8) is 0 Å². The van der Waals surface area contributed by atoms with E-state index in [-0.39, 0.29) is 11.7 Å². The Morgan fingerprint density at radius 3 is 2.81 bits per heavy atom. The van der Waals surface area contributed by atoms with E-state index in [1.165, 1.54) is 18.5 Å². The molecule has 2 rings (SSSR count). The average molecular weight is 286 g/mol. The molecule has 5 nitrogen and oxygen atoms in total. The van der Waals surface area contributed by atoms with Gasteiger partial charge in [-0.05, 0) is 19.1 Å². The van der Waals surface area contributed by atoms with Crippen molar-refractivity contribution in [2.75, 3.05) is 13.7 Å². The van der Waals surface area contributed by atoms with Gasteiger partial charge in [0.15, 0.2) is 0 Å². The molecule has 0 atom stereocenters. The van der Waals surface area contributed by atoms with Crippen LogP contribution < -0.4 is 4.74 Å². The molecule has 0 radical (unpaired) electrons. The lowest BCUT2D eigenvalue weighted by molar-refractivity contribution is 0.0783. The SMILES string of the molecule is CCOc1ccccc1CN(C)C(=O)c1cncc(O)c1. The number of benzene rings is 1. The van der Waals surface area contributed by atoms with E-state index in [0.29, 0.717) is 18.7 Å². The number of carbonyl (C=O) groups is 1. The van der Waals surface area contributed by atoms with Crippen LogP contribution in [0.25, 0.3) is 0 Å². The molecule has 0 aliphatic carbocycles. The minimum atomic E-state index is -0.204. The van der Waals surface area contributed by atoms with Gasteiger partial charge in [-0.25, -0.2) is 0 Å². The number of pyridine rings is 1. The molecular formula is C16H18N2O3. The van der Waals surface area contributed by atoms with Gasteiger partial charge >= 0.3 is 0 Å². The maximum Gasteiger partial charge on any atom is 0.255 e. The standard InChI is InChI=1S/C16H18N2O3/c1-3-21-15-7-5-4-6-12(15)11-18(2)16(20)13-8-14(19)10-17-9-13/h4-10,19H,3,11H2,1-2H3. The Balaban J connectivity index is 2.14. The third-order valence-electron chi connectivity index (χ3n) is 3.00. The number of hydrogen-bond acceptors (Lipinski definition) is 4. The highest BCUT2D eigenvalue weighted by atomic mass is 16.5. The lowest BCUT2D eigenvalue weighted by Crippen LogP contribution is -2.26. The van der Waals surface area contributed by atoms with E-state index < -0.39 is 0 Å². The number of ether oxygens (including phenoxy) is 1. The quantitative estimate of drug-likeness (QED) is 0.917. The summed E-state index contributed by atoms with van der Waals surface area (Å²) in [7, 11) is 1.70. The van der Waals surface area contributed by atoms with E-state index in [1.54, 1.807) is 11.9 Å². The molecule has 0 aliphatic heterocycles. The third kappa shape index (κ3) is 3.72. The van der Waals surface area contributed by atoms with Crippen molar-refractivity contribution in [1.82, 2.24) is 9.88 Å². The zero-order chi connectivity index (χ0) is 15.2. The highest BCUT2D eigenvalue weighted by Gasteiger charge is 2.14. The molecular weight excluding hydrogens is 268 g/mol. The molecule has 0 bridgehead atoms. The summed E-state index contributed by atoms with van der Waals surface area (Å²) in [6, 6.07) is 9.02. The van der Waals surface area contributed by atoms with Crippen LogP contribution >= 0.6 is 0 Å². The molecule has 1 aromatic carbocycles. The van der Waals surface area contributed by atoms with E-state index in [4.69, 9.17) is 4.74 Å². The largest absolute Gasteiger partial charge is 0.506 e. The first kappa shape index (κ1) is 14.8. The fraction of sp³-hybridized carbons (Fsp3) is 0.250. The van der Waals surface area contributed by atoms with Gasteiger partial charge in [-0.15, -0.1) is 0 Å². The number of hydrogen-bond donors (Lipinski definition) is 1. The predicted molar refractivity (Wildman–Crippen MR) is 79.3 cm³/mol. The van der Waals surface area contributed by atoms with Crippen LogP contribution in [-0.2, 0) is 6.54 Å². The van der Waals surface area contributed by atoms with Crippen LogP contribution in [0.5, 0.6) is 11.5 Å². The van der Waals surface area contributed by atoms with Crippen LogP contribution in [0.1, 0.15) is 22.8 Å². The van der Waals surface area contributed by atoms with E-state index in [0.717, 1.165) is 11.3 Å². The Kier molecular flexibility index (Phi) is 4.77. The van der Waals surface area contributed by atoms with Gasteiger partial charge in [-0.2, -0.15) is 0 Å². The molecule has 2 aromatic rings. The summed E-state index contributed by atoms with van der Waals surface area (Å²) in [5.41, 5.74) is 1.29. The van der Waals surface area contributed by atoms with Crippen molar-refractivity contribution in [3.05, 3.63) is 53.9 Å². The molecule has 1 aromatic heterocycles. The first-order valence-corrected chi connectivity index (χ1v) is 6.72. The predicted octanol–water partition coefficient (Wildman–Crippen LogP) is 2.46. The lowest BCUT2D eigenvalue weighted by Gasteiger charge is -2.19. The molecule has 0 saturated heterocycles. The Morgan fingerprint density at radius 2 is 2.10 bits per heavy atom. The van der Waals surface area contributed by atoms with Crippen LogP contribution in [0.15, 0.2) is 42.7 Å². The van der Waals surface area contributed by atoms with Gasteiger partial charge in [0.05, 0.1) is 18.4 Å². The number of carbonyl (C=O) groups excluding carboxylic acids is 1. The molecule has 1 amide bonds. The summed E-state index contributed by atoms with van der Waals surface area (Å²) in [5, 5.41) is 9.39. The van der Waals surface area contributed by atoms with Gasteiger partial charge in [0.1, 0.15) is 11.5 Å². The highest BCUT2D eigenvalue weighted by molar-refractivity contribution is 5.94. The Hall–Kier alpha value is -2.56. The Bertz CT molecular complexity index is 628. The van der Waals surface area contributed by atoms with Crippen molar-refractivity contribution >= 4 is 5.91 Å². The fourth-order valence-electron chi connectivity index (χ4n) is 2.02. The first-order chi connectivity index (χ1) is 10.1. The summed E-state index contributed by atoms with van der Waals surface area (Å²) < 4.78 is 5.55. The second kappa shape index (κ2) is 6.74. The number of rotatable bonds is 5. The lowest BCUT2D eigenvalue weighted by atomic mass is 10.1. The molecule has 0 unspecified atom stereocenters.